The molecule has 1 aliphatic rings. The maximum absolute atomic E-state index is 10.8. The number of benzene rings is 1. The lowest BCUT2D eigenvalue weighted by Crippen LogP contribution is -2.45. The minimum atomic E-state index is -0.978. The number of carbonyl (C=O) groups is 1. The normalized spacial score (nSPS) is 16.0. The number of hydrogen-bond donors (Lipinski definition) is 2. The highest BCUT2D eigenvalue weighted by Crippen LogP contribution is 2.35. The van der Waals surface area contributed by atoms with Crippen LogP contribution in [0.25, 0.3) is 0 Å². The van der Waals surface area contributed by atoms with E-state index < -0.39 is 6.09 Å². The van der Waals surface area contributed by atoms with Gasteiger partial charge in [0.05, 0.1) is 6.20 Å². The van der Waals surface area contributed by atoms with E-state index in [0.29, 0.717) is 23.6 Å². The summed E-state index contributed by atoms with van der Waals surface area (Å²) >= 11 is 3.36. The standard InChI is InChI=1S/C19H23BrN4O3/c1-19(13-22-18(25)26)7-9-24(10-8-19)16-17(23-15(20)11-21-16)27-12-14-5-3-2-4-6-14/h2-6,11,22H,7-10,12-13H2,1H3,(H,25,26). The van der Waals surface area contributed by atoms with Gasteiger partial charge in [0.1, 0.15) is 11.2 Å². The van der Waals surface area contributed by atoms with E-state index in [4.69, 9.17) is 9.84 Å². The Labute approximate surface area is 166 Å². The minimum Gasteiger partial charge on any atom is -0.470 e. The maximum atomic E-state index is 10.8. The van der Waals surface area contributed by atoms with E-state index in [-0.39, 0.29) is 5.41 Å². The first-order valence-electron chi connectivity index (χ1n) is 8.86. The number of piperidine rings is 1. The Kier molecular flexibility index (Phi) is 6.15. The number of hydrogen-bond acceptors (Lipinski definition) is 5. The number of halogens is 1. The first kappa shape index (κ1) is 19.4. The highest BCUT2D eigenvalue weighted by molar-refractivity contribution is 9.10. The molecule has 1 fully saturated rings. The summed E-state index contributed by atoms with van der Waals surface area (Å²) in [6.07, 6.45) is 2.42. The lowest BCUT2D eigenvalue weighted by Gasteiger charge is -2.39. The highest BCUT2D eigenvalue weighted by atomic mass is 79.9. The topological polar surface area (TPSA) is 87.6 Å². The van der Waals surface area contributed by atoms with Crippen molar-refractivity contribution in [2.45, 2.75) is 26.4 Å². The van der Waals surface area contributed by atoms with Gasteiger partial charge < -0.3 is 20.1 Å². The molecule has 0 aliphatic carbocycles. The molecule has 0 atom stereocenters. The Morgan fingerprint density at radius 2 is 2.04 bits per heavy atom. The van der Waals surface area contributed by atoms with E-state index in [1.807, 2.05) is 30.3 Å². The third-order valence-electron chi connectivity index (χ3n) is 4.85. The lowest BCUT2D eigenvalue weighted by molar-refractivity contribution is 0.178. The Morgan fingerprint density at radius 1 is 1.33 bits per heavy atom. The van der Waals surface area contributed by atoms with Gasteiger partial charge in [-0.15, -0.1) is 0 Å². The van der Waals surface area contributed by atoms with Crippen LogP contribution in [0, 0.1) is 5.41 Å². The average Bonchev–Trinajstić information content (AvgIpc) is 2.67. The zero-order valence-corrected chi connectivity index (χ0v) is 16.8. The van der Waals surface area contributed by atoms with Gasteiger partial charge in [-0.1, -0.05) is 37.3 Å². The van der Waals surface area contributed by atoms with Crippen LogP contribution in [0.3, 0.4) is 0 Å². The van der Waals surface area contributed by atoms with Crippen LogP contribution in [0.15, 0.2) is 41.1 Å². The maximum Gasteiger partial charge on any atom is 0.404 e. The van der Waals surface area contributed by atoms with Crippen LogP contribution in [-0.2, 0) is 6.61 Å². The first-order valence-corrected chi connectivity index (χ1v) is 9.65. The van der Waals surface area contributed by atoms with Gasteiger partial charge in [-0.2, -0.15) is 0 Å². The molecular formula is C19H23BrN4O3. The van der Waals surface area contributed by atoms with Crippen molar-refractivity contribution >= 4 is 27.8 Å². The summed E-state index contributed by atoms with van der Waals surface area (Å²) < 4.78 is 6.58. The molecule has 1 amide bonds. The molecule has 1 aromatic carbocycles. The van der Waals surface area contributed by atoms with Crippen LogP contribution in [0.4, 0.5) is 10.6 Å². The molecule has 144 valence electrons. The monoisotopic (exact) mass is 434 g/mol. The molecule has 1 aliphatic heterocycles. The third-order valence-corrected chi connectivity index (χ3v) is 5.23. The summed E-state index contributed by atoms with van der Waals surface area (Å²) in [5.41, 5.74) is 1.01. The fourth-order valence-corrected chi connectivity index (χ4v) is 3.37. The van der Waals surface area contributed by atoms with Gasteiger partial charge in [0.15, 0.2) is 5.82 Å². The average molecular weight is 435 g/mol. The van der Waals surface area contributed by atoms with Gasteiger partial charge in [0.25, 0.3) is 5.88 Å². The fraction of sp³-hybridized carbons (Fsp3) is 0.421. The van der Waals surface area contributed by atoms with E-state index in [0.717, 1.165) is 37.3 Å². The van der Waals surface area contributed by atoms with Crippen LogP contribution in [0.1, 0.15) is 25.3 Å². The van der Waals surface area contributed by atoms with Gasteiger partial charge in [-0.3, -0.25) is 0 Å². The SMILES string of the molecule is CC1(CNC(=O)O)CCN(c2ncc(Br)nc2OCc2ccccc2)CC1. The number of aromatic nitrogens is 2. The zero-order chi connectivity index (χ0) is 19.3. The number of carboxylic acid groups (broad SMARTS) is 1. The summed E-state index contributed by atoms with van der Waals surface area (Å²) in [5.74, 6) is 1.22. The van der Waals surface area contributed by atoms with E-state index in [1.54, 1.807) is 6.20 Å². The number of nitrogens with zero attached hydrogens (tertiary/aromatic N) is 3. The van der Waals surface area contributed by atoms with E-state index in [9.17, 15) is 4.79 Å². The molecule has 0 bridgehead atoms. The van der Waals surface area contributed by atoms with Crippen molar-refractivity contribution in [3.8, 4) is 5.88 Å². The molecule has 2 heterocycles. The van der Waals surface area contributed by atoms with Crippen LogP contribution < -0.4 is 15.0 Å². The summed E-state index contributed by atoms with van der Waals surface area (Å²) in [5, 5.41) is 11.4. The zero-order valence-electron chi connectivity index (χ0n) is 15.2. The molecular weight excluding hydrogens is 412 g/mol. The first-order chi connectivity index (χ1) is 13.0. The number of anilines is 1. The van der Waals surface area contributed by atoms with Crippen LogP contribution in [-0.4, -0.2) is 40.8 Å². The number of amides is 1. The van der Waals surface area contributed by atoms with E-state index in [2.05, 4.69) is 43.0 Å². The van der Waals surface area contributed by atoms with E-state index >= 15 is 0 Å². The molecule has 0 unspecified atom stereocenters. The predicted molar refractivity (Wildman–Crippen MR) is 106 cm³/mol. The molecule has 0 radical (unpaired) electrons. The molecule has 27 heavy (non-hydrogen) atoms. The van der Waals surface area contributed by atoms with Crippen molar-refractivity contribution in [1.82, 2.24) is 15.3 Å². The lowest BCUT2D eigenvalue weighted by atomic mass is 9.80. The molecule has 2 aromatic rings. The van der Waals surface area contributed by atoms with Crippen LogP contribution in [0.5, 0.6) is 5.88 Å². The van der Waals surface area contributed by atoms with Crippen LogP contribution >= 0.6 is 15.9 Å². The molecule has 8 heteroatoms. The van der Waals surface area contributed by atoms with Gasteiger partial charge in [0, 0.05) is 19.6 Å². The van der Waals surface area contributed by atoms with Crippen molar-refractivity contribution in [3.05, 3.63) is 46.7 Å². The van der Waals surface area contributed by atoms with Crippen LogP contribution in [0.2, 0.25) is 0 Å². The Morgan fingerprint density at radius 3 is 2.70 bits per heavy atom. The fourth-order valence-electron chi connectivity index (χ4n) is 3.11. The molecule has 1 aromatic heterocycles. The molecule has 0 spiro atoms. The van der Waals surface area contributed by atoms with Gasteiger partial charge in [0.2, 0.25) is 0 Å². The van der Waals surface area contributed by atoms with Crippen molar-refractivity contribution in [3.63, 3.8) is 0 Å². The second-order valence-electron chi connectivity index (χ2n) is 7.05. The number of nitrogens with one attached hydrogen (secondary N) is 1. The van der Waals surface area contributed by atoms with Gasteiger partial charge in [-0.05, 0) is 39.8 Å². The largest absolute Gasteiger partial charge is 0.470 e. The van der Waals surface area contributed by atoms with E-state index in [1.165, 1.54) is 0 Å². The minimum absolute atomic E-state index is 0.0528. The van der Waals surface area contributed by atoms with Crippen molar-refractivity contribution in [2.24, 2.45) is 5.41 Å². The summed E-state index contributed by atoms with van der Waals surface area (Å²) in [4.78, 5) is 21.9. The molecule has 1 saturated heterocycles. The van der Waals surface area contributed by atoms with Crippen molar-refractivity contribution < 1.29 is 14.6 Å². The second-order valence-corrected chi connectivity index (χ2v) is 7.86. The molecule has 2 N–H and O–H groups in total. The van der Waals surface area contributed by atoms with Gasteiger partial charge in [-0.25, -0.2) is 14.8 Å². The summed E-state index contributed by atoms with van der Waals surface area (Å²) in [6.45, 7) is 4.54. The quantitative estimate of drug-likeness (QED) is 0.720. The predicted octanol–water partition coefficient (Wildman–Crippen LogP) is 3.69. The van der Waals surface area contributed by atoms with Crippen molar-refractivity contribution in [1.29, 1.82) is 0 Å². The highest BCUT2D eigenvalue weighted by Gasteiger charge is 2.32. The molecule has 3 rings (SSSR count). The number of rotatable bonds is 6. The van der Waals surface area contributed by atoms with Gasteiger partial charge >= 0.3 is 6.09 Å². The molecule has 7 nitrogen and oxygen atoms in total. The molecule has 0 saturated carbocycles. The Balaban J connectivity index is 1.67. The summed E-state index contributed by atoms with van der Waals surface area (Å²) in [6, 6.07) is 9.93. The summed E-state index contributed by atoms with van der Waals surface area (Å²) in [7, 11) is 0. The van der Waals surface area contributed by atoms with Crippen molar-refractivity contribution in [2.75, 3.05) is 24.5 Å². The number of ether oxygens (including phenoxy) is 1. The Bertz CT molecular complexity index is 780. The Hall–Kier alpha value is -2.35. The third kappa shape index (κ3) is 5.32. The second kappa shape index (κ2) is 8.56. The smallest absolute Gasteiger partial charge is 0.404 e.